The van der Waals surface area contributed by atoms with E-state index < -0.39 is 23.2 Å². The number of nitrogens with one attached hydrogen (secondary N) is 1. The van der Waals surface area contributed by atoms with Crippen molar-refractivity contribution in [2.45, 2.75) is 6.18 Å². The van der Waals surface area contributed by atoms with Gasteiger partial charge in [-0.25, -0.2) is 4.39 Å². The van der Waals surface area contributed by atoms with Crippen LogP contribution in [0.15, 0.2) is 18.2 Å². The summed E-state index contributed by atoms with van der Waals surface area (Å²) in [6.07, 6.45) is -4.60. The zero-order valence-electron chi connectivity index (χ0n) is 10.4. The molecule has 21 heavy (non-hydrogen) atoms. The molecule has 0 amide bonds. The Morgan fingerprint density at radius 2 is 1.90 bits per heavy atom. The molecule has 0 fully saturated rings. The van der Waals surface area contributed by atoms with Gasteiger partial charge in [-0.05, 0) is 29.8 Å². The Morgan fingerprint density at radius 3 is 2.52 bits per heavy atom. The van der Waals surface area contributed by atoms with Crippen molar-refractivity contribution in [2.24, 2.45) is 0 Å². The van der Waals surface area contributed by atoms with Crippen molar-refractivity contribution in [1.82, 2.24) is 15.0 Å². The molecule has 0 aliphatic heterocycles. The van der Waals surface area contributed by atoms with Crippen molar-refractivity contribution in [2.75, 3.05) is 12.4 Å². The Bertz CT molecular complexity index is 665. The highest BCUT2D eigenvalue weighted by Crippen LogP contribution is 2.32. The summed E-state index contributed by atoms with van der Waals surface area (Å²) in [6, 6.07) is 1.75. The van der Waals surface area contributed by atoms with Gasteiger partial charge in [-0.1, -0.05) is 0 Å². The molecule has 1 aromatic heterocycles. The molecule has 0 atom stereocenters. The van der Waals surface area contributed by atoms with Crippen LogP contribution in [0.5, 0.6) is 6.01 Å². The molecule has 2 aromatic rings. The first kappa shape index (κ1) is 15.2. The summed E-state index contributed by atoms with van der Waals surface area (Å²) in [6.45, 7) is 0. The van der Waals surface area contributed by atoms with E-state index in [9.17, 15) is 17.6 Å². The number of benzene rings is 1. The van der Waals surface area contributed by atoms with Crippen LogP contribution in [0.2, 0.25) is 5.28 Å². The number of alkyl halides is 3. The fourth-order valence-corrected chi connectivity index (χ4v) is 1.55. The number of aromatic nitrogens is 3. The molecule has 2 rings (SSSR count). The average Bonchev–Trinajstić information content (AvgIpc) is 2.39. The molecular formula is C11H7ClF4N4O. The molecule has 0 saturated heterocycles. The van der Waals surface area contributed by atoms with E-state index in [1.807, 2.05) is 0 Å². The van der Waals surface area contributed by atoms with Gasteiger partial charge in [0.15, 0.2) is 0 Å². The fourth-order valence-electron chi connectivity index (χ4n) is 1.40. The summed E-state index contributed by atoms with van der Waals surface area (Å²) in [5, 5.41) is 2.05. The average molecular weight is 323 g/mol. The maximum atomic E-state index is 13.6. The van der Waals surface area contributed by atoms with Gasteiger partial charge < -0.3 is 10.1 Å². The highest BCUT2D eigenvalue weighted by atomic mass is 35.5. The Labute approximate surface area is 121 Å². The third-order valence-corrected chi connectivity index (χ3v) is 2.48. The van der Waals surface area contributed by atoms with Gasteiger partial charge in [0.1, 0.15) is 5.82 Å². The lowest BCUT2D eigenvalue weighted by Crippen LogP contribution is -2.07. The molecule has 0 spiro atoms. The van der Waals surface area contributed by atoms with Gasteiger partial charge in [-0.3, -0.25) is 0 Å². The van der Waals surface area contributed by atoms with E-state index >= 15 is 0 Å². The van der Waals surface area contributed by atoms with Gasteiger partial charge in [0.25, 0.3) is 0 Å². The van der Waals surface area contributed by atoms with Crippen LogP contribution in [0.3, 0.4) is 0 Å². The standard InChI is InChI=1S/C11H7ClF4N4O/c1-21-10-19-8(12)18-9(20-10)17-7-4-5(11(14,15)16)2-3-6(7)13/h2-4H,1H3,(H,17,18,19,20). The SMILES string of the molecule is COc1nc(Cl)nc(Nc2cc(C(F)(F)F)ccc2F)n1. The van der Waals surface area contributed by atoms with E-state index in [4.69, 9.17) is 16.3 Å². The largest absolute Gasteiger partial charge is 0.467 e. The summed E-state index contributed by atoms with van der Waals surface area (Å²) < 4.78 is 56.0. The van der Waals surface area contributed by atoms with E-state index in [1.165, 1.54) is 7.11 Å². The Morgan fingerprint density at radius 1 is 1.19 bits per heavy atom. The maximum absolute atomic E-state index is 13.6. The van der Waals surface area contributed by atoms with Gasteiger partial charge in [0.2, 0.25) is 11.2 Å². The number of hydrogen-bond donors (Lipinski definition) is 1. The summed E-state index contributed by atoms with van der Waals surface area (Å²) in [5.41, 5.74) is -1.47. The molecule has 0 radical (unpaired) electrons. The predicted octanol–water partition coefficient (Wildman–Crippen LogP) is 3.44. The quantitative estimate of drug-likeness (QED) is 0.877. The van der Waals surface area contributed by atoms with Crippen LogP contribution in [0, 0.1) is 5.82 Å². The van der Waals surface area contributed by atoms with Gasteiger partial charge in [-0.2, -0.15) is 28.1 Å². The zero-order chi connectivity index (χ0) is 15.6. The first-order valence-electron chi connectivity index (χ1n) is 5.39. The van der Waals surface area contributed by atoms with Crippen LogP contribution in [0.25, 0.3) is 0 Å². The molecule has 0 bridgehead atoms. The molecule has 0 unspecified atom stereocenters. The molecule has 10 heteroatoms. The molecule has 1 aromatic carbocycles. The Kier molecular flexibility index (Phi) is 4.12. The minimum atomic E-state index is -4.60. The summed E-state index contributed by atoms with van der Waals surface area (Å²) in [5.74, 6) is -1.15. The van der Waals surface area contributed by atoms with Crippen LogP contribution in [0.1, 0.15) is 5.56 Å². The second kappa shape index (κ2) is 5.68. The Balaban J connectivity index is 2.37. The van der Waals surface area contributed by atoms with Crippen molar-refractivity contribution in [3.05, 3.63) is 34.9 Å². The number of ether oxygens (including phenoxy) is 1. The third-order valence-electron chi connectivity index (χ3n) is 2.31. The highest BCUT2D eigenvalue weighted by molar-refractivity contribution is 6.28. The van der Waals surface area contributed by atoms with Gasteiger partial charge in [-0.15, -0.1) is 0 Å². The molecule has 5 nitrogen and oxygen atoms in total. The molecule has 1 N–H and O–H groups in total. The van der Waals surface area contributed by atoms with Crippen molar-refractivity contribution >= 4 is 23.2 Å². The van der Waals surface area contributed by atoms with Crippen molar-refractivity contribution in [3.63, 3.8) is 0 Å². The molecule has 0 aliphatic carbocycles. The van der Waals surface area contributed by atoms with E-state index in [2.05, 4.69) is 20.3 Å². The van der Waals surface area contributed by atoms with Crippen molar-refractivity contribution in [1.29, 1.82) is 0 Å². The number of rotatable bonds is 3. The van der Waals surface area contributed by atoms with Gasteiger partial charge >= 0.3 is 12.2 Å². The number of hydrogen-bond acceptors (Lipinski definition) is 5. The first-order valence-corrected chi connectivity index (χ1v) is 5.76. The van der Waals surface area contributed by atoms with Crippen LogP contribution in [-0.4, -0.2) is 22.1 Å². The lowest BCUT2D eigenvalue weighted by atomic mass is 10.2. The van der Waals surface area contributed by atoms with E-state index in [1.54, 1.807) is 0 Å². The molecule has 0 aliphatic rings. The lowest BCUT2D eigenvalue weighted by molar-refractivity contribution is -0.137. The molecule has 112 valence electrons. The molecule has 1 heterocycles. The number of nitrogens with zero attached hydrogens (tertiary/aromatic N) is 3. The topological polar surface area (TPSA) is 59.9 Å². The number of anilines is 2. The van der Waals surface area contributed by atoms with E-state index in [0.29, 0.717) is 18.2 Å². The first-order chi connectivity index (χ1) is 9.79. The maximum Gasteiger partial charge on any atom is 0.416 e. The van der Waals surface area contributed by atoms with Crippen LogP contribution >= 0.6 is 11.6 Å². The highest BCUT2D eigenvalue weighted by Gasteiger charge is 2.31. The molecule has 0 saturated carbocycles. The zero-order valence-corrected chi connectivity index (χ0v) is 11.1. The van der Waals surface area contributed by atoms with Gasteiger partial charge in [0.05, 0.1) is 18.4 Å². The van der Waals surface area contributed by atoms with Crippen LogP contribution in [-0.2, 0) is 6.18 Å². The van der Waals surface area contributed by atoms with Crippen molar-refractivity contribution < 1.29 is 22.3 Å². The Hall–Kier alpha value is -2.16. The minimum absolute atomic E-state index is 0.162. The second-order valence-corrected chi connectivity index (χ2v) is 4.07. The summed E-state index contributed by atoms with van der Waals surface area (Å²) in [7, 11) is 1.26. The third kappa shape index (κ3) is 3.69. The molecular weight excluding hydrogens is 316 g/mol. The van der Waals surface area contributed by atoms with Crippen LogP contribution < -0.4 is 10.1 Å². The monoisotopic (exact) mass is 322 g/mol. The smallest absolute Gasteiger partial charge is 0.416 e. The number of halogens is 5. The van der Waals surface area contributed by atoms with E-state index in [0.717, 1.165) is 0 Å². The predicted molar refractivity (Wildman–Crippen MR) is 66.1 cm³/mol. The summed E-state index contributed by atoms with van der Waals surface area (Å²) >= 11 is 5.58. The van der Waals surface area contributed by atoms with E-state index in [-0.39, 0.29) is 17.2 Å². The normalized spacial score (nSPS) is 11.3. The number of methoxy groups -OCH3 is 1. The van der Waals surface area contributed by atoms with Crippen LogP contribution in [0.4, 0.5) is 29.2 Å². The second-order valence-electron chi connectivity index (χ2n) is 3.73. The summed E-state index contributed by atoms with van der Waals surface area (Å²) in [4.78, 5) is 10.9. The van der Waals surface area contributed by atoms with Gasteiger partial charge in [0, 0.05) is 0 Å². The minimum Gasteiger partial charge on any atom is -0.467 e. The lowest BCUT2D eigenvalue weighted by Gasteiger charge is -2.11. The van der Waals surface area contributed by atoms with Crippen molar-refractivity contribution in [3.8, 4) is 6.01 Å². The fraction of sp³-hybridized carbons (Fsp3) is 0.182.